The van der Waals surface area contributed by atoms with E-state index in [2.05, 4.69) is 15.9 Å². The number of rotatable bonds is 3. The van der Waals surface area contributed by atoms with Gasteiger partial charge < -0.3 is 14.4 Å². The number of furan rings is 1. The van der Waals surface area contributed by atoms with Crippen LogP contribution in [-0.2, 0) is 4.79 Å². The van der Waals surface area contributed by atoms with Gasteiger partial charge >= 0.3 is 5.97 Å². The molecule has 1 aromatic heterocycles. The molecule has 0 saturated carbocycles. The number of carboxylic acids is 1. The molecular weight excluding hydrogens is 290 g/mol. The summed E-state index contributed by atoms with van der Waals surface area (Å²) in [7, 11) is 0. The van der Waals surface area contributed by atoms with Crippen LogP contribution in [0.2, 0.25) is 0 Å². The zero-order valence-corrected chi connectivity index (χ0v) is 10.6. The predicted octanol–water partition coefficient (Wildman–Crippen LogP) is 1.98. The SMILES string of the molecule is O=C(O)CC1CCN(C(=O)c2ccc(Br)o2)C1. The minimum atomic E-state index is -0.815. The minimum absolute atomic E-state index is 0.0508. The highest BCUT2D eigenvalue weighted by Gasteiger charge is 2.29. The molecule has 1 atom stereocenters. The Kier molecular flexibility index (Phi) is 3.51. The average molecular weight is 302 g/mol. The largest absolute Gasteiger partial charge is 0.481 e. The Morgan fingerprint density at radius 2 is 2.29 bits per heavy atom. The zero-order chi connectivity index (χ0) is 12.4. The molecule has 2 rings (SSSR count). The lowest BCUT2D eigenvalue weighted by Gasteiger charge is -2.14. The molecule has 1 aliphatic rings. The number of hydrogen-bond acceptors (Lipinski definition) is 3. The van der Waals surface area contributed by atoms with E-state index in [1.807, 2.05) is 0 Å². The van der Waals surface area contributed by atoms with Crippen LogP contribution >= 0.6 is 15.9 Å². The van der Waals surface area contributed by atoms with Gasteiger partial charge in [-0.1, -0.05) is 0 Å². The molecule has 17 heavy (non-hydrogen) atoms. The predicted molar refractivity (Wildman–Crippen MR) is 62.7 cm³/mol. The molecule has 0 aliphatic carbocycles. The van der Waals surface area contributed by atoms with Gasteiger partial charge in [0.2, 0.25) is 0 Å². The Hall–Kier alpha value is -1.30. The van der Waals surface area contributed by atoms with Crippen molar-refractivity contribution in [1.82, 2.24) is 4.90 Å². The van der Waals surface area contributed by atoms with Crippen molar-refractivity contribution in [3.8, 4) is 0 Å². The van der Waals surface area contributed by atoms with E-state index in [1.165, 1.54) is 0 Å². The van der Waals surface area contributed by atoms with Gasteiger partial charge in [0.25, 0.3) is 5.91 Å². The van der Waals surface area contributed by atoms with Crippen LogP contribution in [0.1, 0.15) is 23.4 Å². The fraction of sp³-hybridized carbons (Fsp3) is 0.455. The van der Waals surface area contributed by atoms with Crippen molar-refractivity contribution in [2.75, 3.05) is 13.1 Å². The van der Waals surface area contributed by atoms with E-state index in [0.717, 1.165) is 6.42 Å². The van der Waals surface area contributed by atoms with Gasteiger partial charge in [-0.3, -0.25) is 9.59 Å². The third-order valence-corrected chi connectivity index (χ3v) is 3.25. The molecule has 0 radical (unpaired) electrons. The molecule has 0 bridgehead atoms. The van der Waals surface area contributed by atoms with Crippen LogP contribution in [0.5, 0.6) is 0 Å². The van der Waals surface area contributed by atoms with Gasteiger partial charge in [0.15, 0.2) is 10.4 Å². The molecule has 1 N–H and O–H groups in total. The van der Waals surface area contributed by atoms with E-state index in [-0.39, 0.29) is 24.0 Å². The monoisotopic (exact) mass is 301 g/mol. The van der Waals surface area contributed by atoms with Gasteiger partial charge in [0.1, 0.15) is 0 Å². The van der Waals surface area contributed by atoms with Crippen LogP contribution in [0.15, 0.2) is 21.2 Å². The zero-order valence-electron chi connectivity index (χ0n) is 9.06. The summed E-state index contributed by atoms with van der Waals surface area (Å²) in [5.74, 6) is -0.656. The van der Waals surface area contributed by atoms with Crippen molar-refractivity contribution in [2.24, 2.45) is 5.92 Å². The van der Waals surface area contributed by atoms with E-state index >= 15 is 0 Å². The smallest absolute Gasteiger partial charge is 0.303 e. The summed E-state index contributed by atoms with van der Waals surface area (Å²) in [6.45, 7) is 1.08. The molecular formula is C11H12BrNO4. The van der Waals surface area contributed by atoms with Crippen LogP contribution in [0.3, 0.4) is 0 Å². The molecule has 5 nitrogen and oxygen atoms in total. The van der Waals surface area contributed by atoms with Gasteiger partial charge in [0.05, 0.1) is 0 Å². The molecule has 1 aromatic rings. The topological polar surface area (TPSA) is 70.8 Å². The van der Waals surface area contributed by atoms with Gasteiger partial charge in [-0.05, 0) is 40.4 Å². The van der Waals surface area contributed by atoms with Crippen molar-refractivity contribution in [1.29, 1.82) is 0 Å². The Balaban J connectivity index is 1.96. The van der Waals surface area contributed by atoms with Gasteiger partial charge in [-0.25, -0.2) is 0 Å². The molecule has 1 saturated heterocycles. The first-order chi connectivity index (χ1) is 8.06. The van der Waals surface area contributed by atoms with Gasteiger partial charge in [0, 0.05) is 19.5 Å². The summed E-state index contributed by atoms with van der Waals surface area (Å²) in [4.78, 5) is 24.2. The highest BCUT2D eigenvalue weighted by molar-refractivity contribution is 9.10. The average Bonchev–Trinajstić information content (AvgIpc) is 2.85. The first-order valence-electron chi connectivity index (χ1n) is 5.32. The lowest BCUT2D eigenvalue weighted by molar-refractivity contribution is -0.138. The van der Waals surface area contributed by atoms with E-state index in [0.29, 0.717) is 17.8 Å². The van der Waals surface area contributed by atoms with Gasteiger partial charge in [-0.15, -0.1) is 0 Å². The Morgan fingerprint density at radius 1 is 1.53 bits per heavy atom. The fourth-order valence-electron chi connectivity index (χ4n) is 2.02. The summed E-state index contributed by atoms with van der Waals surface area (Å²) in [5.41, 5.74) is 0. The van der Waals surface area contributed by atoms with E-state index in [9.17, 15) is 9.59 Å². The molecule has 1 amide bonds. The lowest BCUT2D eigenvalue weighted by atomic mass is 10.1. The lowest BCUT2D eigenvalue weighted by Crippen LogP contribution is -2.28. The fourth-order valence-corrected chi connectivity index (χ4v) is 2.32. The number of carbonyl (C=O) groups excluding carboxylic acids is 1. The van der Waals surface area contributed by atoms with Crippen LogP contribution in [-0.4, -0.2) is 35.0 Å². The second kappa shape index (κ2) is 4.91. The number of amides is 1. The maximum atomic E-state index is 12.0. The van der Waals surface area contributed by atoms with Crippen LogP contribution in [0.25, 0.3) is 0 Å². The molecule has 0 aromatic carbocycles. The highest BCUT2D eigenvalue weighted by Crippen LogP contribution is 2.23. The Bertz CT molecular complexity index is 442. The maximum Gasteiger partial charge on any atom is 0.303 e. The van der Waals surface area contributed by atoms with Crippen molar-refractivity contribution in [3.05, 3.63) is 22.6 Å². The number of halogens is 1. The number of likely N-dealkylation sites (tertiary alicyclic amines) is 1. The third-order valence-electron chi connectivity index (χ3n) is 2.82. The van der Waals surface area contributed by atoms with Crippen LogP contribution < -0.4 is 0 Å². The molecule has 1 unspecified atom stereocenters. The summed E-state index contributed by atoms with van der Waals surface area (Å²) >= 11 is 3.14. The number of carbonyl (C=O) groups is 2. The molecule has 0 spiro atoms. The molecule has 6 heteroatoms. The Morgan fingerprint density at radius 3 is 2.88 bits per heavy atom. The molecule has 1 aliphatic heterocycles. The number of aliphatic carboxylic acids is 1. The summed E-state index contributed by atoms with van der Waals surface area (Å²) < 4.78 is 5.70. The van der Waals surface area contributed by atoms with Crippen molar-refractivity contribution >= 4 is 27.8 Å². The maximum absolute atomic E-state index is 12.0. The molecule has 2 heterocycles. The summed E-state index contributed by atoms with van der Waals surface area (Å²) in [6.07, 6.45) is 0.853. The van der Waals surface area contributed by atoms with Crippen molar-refractivity contribution in [2.45, 2.75) is 12.8 Å². The van der Waals surface area contributed by atoms with E-state index in [1.54, 1.807) is 17.0 Å². The minimum Gasteiger partial charge on any atom is -0.481 e. The van der Waals surface area contributed by atoms with Crippen molar-refractivity contribution in [3.63, 3.8) is 0 Å². The number of carboxylic acid groups (broad SMARTS) is 1. The molecule has 92 valence electrons. The first kappa shape index (κ1) is 12.2. The van der Waals surface area contributed by atoms with Crippen LogP contribution in [0.4, 0.5) is 0 Å². The van der Waals surface area contributed by atoms with Crippen molar-refractivity contribution < 1.29 is 19.1 Å². The van der Waals surface area contributed by atoms with Gasteiger partial charge in [-0.2, -0.15) is 0 Å². The normalized spacial score (nSPS) is 19.6. The highest BCUT2D eigenvalue weighted by atomic mass is 79.9. The van der Waals surface area contributed by atoms with E-state index < -0.39 is 5.97 Å². The Labute approximate surface area is 107 Å². The standard InChI is InChI=1S/C11H12BrNO4/c12-9-2-1-8(17-9)11(16)13-4-3-7(6-13)5-10(14)15/h1-2,7H,3-6H2,(H,14,15). The van der Waals surface area contributed by atoms with E-state index in [4.69, 9.17) is 9.52 Å². The number of nitrogens with zero attached hydrogens (tertiary/aromatic N) is 1. The quantitative estimate of drug-likeness (QED) is 0.927. The van der Waals surface area contributed by atoms with Crippen LogP contribution in [0, 0.1) is 5.92 Å². The first-order valence-corrected chi connectivity index (χ1v) is 6.12. The second-order valence-electron chi connectivity index (χ2n) is 4.11. The third kappa shape index (κ3) is 2.88. The summed E-state index contributed by atoms with van der Waals surface area (Å²) in [6, 6.07) is 3.27. The summed E-state index contributed by atoms with van der Waals surface area (Å²) in [5, 5.41) is 8.69. The second-order valence-corrected chi connectivity index (χ2v) is 4.89. The number of hydrogen-bond donors (Lipinski definition) is 1. The molecule has 1 fully saturated rings.